The molecule has 0 aromatic carbocycles. The highest BCUT2D eigenvalue weighted by molar-refractivity contribution is 4.81. The third-order valence-corrected chi connectivity index (χ3v) is 4.25. The molecular formula is C16H33NO2. The van der Waals surface area contributed by atoms with E-state index in [0.29, 0.717) is 0 Å². The van der Waals surface area contributed by atoms with Gasteiger partial charge < -0.3 is 15.2 Å². The zero-order valence-corrected chi connectivity index (χ0v) is 12.9. The Balaban J connectivity index is 2.04. The van der Waals surface area contributed by atoms with Crippen LogP contribution in [-0.2, 0) is 4.74 Å². The second kappa shape index (κ2) is 9.73. The molecule has 19 heavy (non-hydrogen) atoms. The van der Waals surface area contributed by atoms with E-state index >= 15 is 0 Å². The summed E-state index contributed by atoms with van der Waals surface area (Å²) in [5, 5.41) is 12.9. The maximum atomic E-state index is 9.47. The van der Waals surface area contributed by atoms with Crippen molar-refractivity contribution in [3.8, 4) is 0 Å². The standard InChI is InChI=1S/C16H33NO2/c1-3-11-17-16(2,14-18)10-7-12-19-13-15-8-5-4-6-9-15/h15,17-18H,3-14H2,1-2H3. The number of hydrogen-bond donors (Lipinski definition) is 2. The molecule has 0 bridgehead atoms. The predicted molar refractivity (Wildman–Crippen MR) is 80.4 cm³/mol. The first kappa shape index (κ1) is 16.9. The highest BCUT2D eigenvalue weighted by Crippen LogP contribution is 2.23. The molecule has 1 atom stereocenters. The lowest BCUT2D eigenvalue weighted by molar-refractivity contribution is 0.0739. The summed E-state index contributed by atoms with van der Waals surface area (Å²) in [5.41, 5.74) is -0.135. The van der Waals surface area contributed by atoms with E-state index in [1.807, 2.05) is 0 Å². The summed E-state index contributed by atoms with van der Waals surface area (Å²) in [6.45, 7) is 7.20. The quantitative estimate of drug-likeness (QED) is 0.600. The summed E-state index contributed by atoms with van der Waals surface area (Å²) in [4.78, 5) is 0. The summed E-state index contributed by atoms with van der Waals surface area (Å²) in [5.74, 6) is 0.802. The Morgan fingerprint density at radius 2 is 2.00 bits per heavy atom. The van der Waals surface area contributed by atoms with Gasteiger partial charge in [0.25, 0.3) is 0 Å². The average molecular weight is 271 g/mol. The van der Waals surface area contributed by atoms with Gasteiger partial charge in [-0.25, -0.2) is 0 Å². The molecule has 0 radical (unpaired) electrons. The van der Waals surface area contributed by atoms with Gasteiger partial charge in [0.05, 0.1) is 6.61 Å². The van der Waals surface area contributed by atoms with E-state index in [-0.39, 0.29) is 12.1 Å². The molecule has 0 aromatic heterocycles. The fourth-order valence-corrected chi connectivity index (χ4v) is 2.82. The van der Waals surface area contributed by atoms with E-state index in [4.69, 9.17) is 4.74 Å². The molecule has 2 N–H and O–H groups in total. The van der Waals surface area contributed by atoms with Crippen LogP contribution >= 0.6 is 0 Å². The second-order valence-corrected chi connectivity index (χ2v) is 6.33. The van der Waals surface area contributed by atoms with Crippen LogP contribution in [0.2, 0.25) is 0 Å². The van der Waals surface area contributed by atoms with Gasteiger partial charge >= 0.3 is 0 Å². The van der Waals surface area contributed by atoms with Gasteiger partial charge in [0.15, 0.2) is 0 Å². The lowest BCUT2D eigenvalue weighted by Crippen LogP contribution is -2.46. The molecule has 3 heteroatoms. The molecule has 0 aromatic rings. The number of ether oxygens (including phenoxy) is 1. The van der Waals surface area contributed by atoms with Crippen LogP contribution in [0.5, 0.6) is 0 Å². The zero-order chi connectivity index (χ0) is 14.0. The Labute approximate surface area is 119 Å². The molecule has 1 fully saturated rings. The second-order valence-electron chi connectivity index (χ2n) is 6.33. The molecule has 1 aliphatic rings. The summed E-state index contributed by atoms with van der Waals surface area (Å²) in [6.07, 6.45) is 10.0. The van der Waals surface area contributed by atoms with E-state index in [1.165, 1.54) is 32.1 Å². The minimum atomic E-state index is -0.135. The molecule has 3 nitrogen and oxygen atoms in total. The molecular weight excluding hydrogens is 238 g/mol. The molecule has 0 amide bonds. The largest absolute Gasteiger partial charge is 0.394 e. The van der Waals surface area contributed by atoms with Crippen LogP contribution in [0.25, 0.3) is 0 Å². The number of nitrogens with one attached hydrogen (secondary N) is 1. The Bertz CT molecular complexity index is 217. The van der Waals surface area contributed by atoms with Crippen molar-refractivity contribution >= 4 is 0 Å². The van der Waals surface area contributed by atoms with E-state index < -0.39 is 0 Å². The first-order valence-electron chi connectivity index (χ1n) is 8.14. The number of hydrogen-bond acceptors (Lipinski definition) is 3. The van der Waals surface area contributed by atoms with Crippen molar-refractivity contribution in [3.05, 3.63) is 0 Å². The van der Waals surface area contributed by atoms with Crippen molar-refractivity contribution in [2.24, 2.45) is 5.92 Å². The van der Waals surface area contributed by atoms with Crippen LogP contribution in [0.3, 0.4) is 0 Å². The smallest absolute Gasteiger partial charge is 0.0610 e. The van der Waals surface area contributed by atoms with E-state index in [1.54, 1.807) is 0 Å². The van der Waals surface area contributed by atoms with Gasteiger partial charge in [-0.3, -0.25) is 0 Å². The molecule has 114 valence electrons. The average Bonchev–Trinajstić information content (AvgIpc) is 2.46. The molecule has 1 unspecified atom stereocenters. The van der Waals surface area contributed by atoms with Crippen LogP contribution in [0.1, 0.15) is 65.2 Å². The van der Waals surface area contributed by atoms with E-state index in [0.717, 1.165) is 44.9 Å². The summed E-state index contributed by atoms with van der Waals surface area (Å²) >= 11 is 0. The van der Waals surface area contributed by atoms with Gasteiger partial charge in [0.1, 0.15) is 0 Å². The summed E-state index contributed by atoms with van der Waals surface area (Å²) in [6, 6.07) is 0. The third kappa shape index (κ3) is 7.28. The van der Waals surface area contributed by atoms with Gasteiger partial charge in [0, 0.05) is 18.8 Å². The van der Waals surface area contributed by atoms with Crippen LogP contribution < -0.4 is 5.32 Å². The highest BCUT2D eigenvalue weighted by Gasteiger charge is 2.21. The van der Waals surface area contributed by atoms with E-state index in [9.17, 15) is 5.11 Å². The Hall–Kier alpha value is -0.120. The first-order valence-corrected chi connectivity index (χ1v) is 8.14. The lowest BCUT2D eigenvalue weighted by atomic mass is 9.90. The lowest BCUT2D eigenvalue weighted by Gasteiger charge is -2.29. The SMILES string of the molecule is CCCNC(C)(CO)CCCOCC1CCCCC1. The molecule has 1 rings (SSSR count). The first-order chi connectivity index (χ1) is 9.20. The molecule has 0 aliphatic heterocycles. The van der Waals surface area contributed by atoms with Crippen LogP contribution in [0, 0.1) is 5.92 Å². The summed E-state index contributed by atoms with van der Waals surface area (Å²) in [7, 11) is 0. The minimum absolute atomic E-state index is 0.135. The van der Waals surface area contributed by atoms with E-state index in [2.05, 4.69) is 19.2 Å². The van der Waals surface area contributed by atoms with Crippen molar-refractivity contribution in [2.75, 3.05) is 26.4 Å². The Kier molecular flexibility index (Phi) is 8.67. The Morgan fingerprint density at radius 3 is 2.63 bits per heavy atom. The predicted octanol–water partition coefficient (Wildman–Crippen LogP) is 3.11. The van der Waals surface area contributed by atoms with Crippen molar-refractivity contribution < 1.29 is 9.84 Å². The molecule has 0 saturated heterocycles. The van der Waals surface area contributed by atoms with Crippen molar-refractivity contribution in [1.82, 2.24) is 5.32 Å². The zero-order valence-electron chi connectivity index (χ0n) is 12.9. The van der Waals surface area contributed by atoms with Gasteiger partial charge in [-0.15, -0.1) is 0 Å². The van der Waals surface area contributed by atoms with Crippen molar-refractivity contribution in [2.45, 2.75) is 70.8 Å². The minimum Gasteiger partial charge on any atom is -0.394 e. The number of aliphatic hydroxyl groups is 1. The molecule has 0 spiro atoms. The molecule has 1 saturated carbocycles. The van der Waals surface area contributed by atoms with Gasteiger partial charge in [-0.05, 0) is 51.5 Å². The highest BCUT2D eigenvalue weighted by atomic mass is 16.5. The van der Waals surface area contributed by atoms with Crippen molar-refractivity contribution in [3.63, 3.8) is 0 Å². The van der Waals surface area contributed by atoms with Gasteiger partial charge in [-0.2, -0.15) is 0 Å². The number of aliphatic hydroxyl groups excluding tert-OH is 1. The monoisotopic (exact) mass is 271 g/mol. The van der Waals surface area contributed by atoms with Crippen molar-refractivity contribution in [1.29, 1.82) is 0 Å². The summed E-state index contributed by atoms with van der Waals surface area (Å²) < 4.78 is 5.81. The van der Waals surface area contributed by atoms with Crippen LogP contribution in [0.15, 0.2) is 0 Å². The fraction of sp³-hybridized carbons (Fsp3) is 1.00. The van der Waals surface area contributed by atoms with Gasteiger partial charge in [-0.1, -0.05) is 26.2 Å². The maximum Gasteiger partial charge on any atom is 0.0610 e. The normalized spacial score (nSPS) is 20.4. The molecule has 0 heterocycles. The topological polar surface area (TPSA) is 41.5 Å². The van der Waals surface area contributed by atoms with Crippen LogP contribution in [-0.4, -0.2) is 37.0 Å². The third-order valence-electron chi connectivity index (χ3n) is 4.25. The van der Waals surface area contributed by atoms with Gasteiger partial charge in [0.2, 0.25) is 0 Å². The van der Waals surface area contributed by atoms with Crippen LogP contribution in [0.4, 0.5) is 0 Å². The maximum absolute atomic E-state index is 9.47. The Morgan fingerprint density at radius 1 is 1.26 bits per heavy atom. The molecule has 1 aliphatic carbocycles. The number of rotatable bonds is 10. The fourth-order valence-electron chi connectivity index (χ4n) is 2.82.